The molecule has 0 radical (unpaired) electrons. The van der Waals surface area contributed by atoms with Crippen molar-refractivity contribution in [1.29, 1.82) is 0 Å². The zero-order valence-corrected chi connectivity index (χ0v) is 23.8. The molecule has 208 valence electrons. The highest BCUT2D eigenvalue weighted by Gasteiger charge is 2.20. The van der Waals surface area contributed by atoms with E-state index in [-0.39, 0.29) is 0 Å². The summed E-state index contributed by atoms with van der Waals surface area (Å²) < 4.78 is 0. The standard InChI is InChI=1S/C32H40N8/c1-4-23(9-8-16-39-14-6-7-15-39)21-24(5-2)25-10-11-27-26(22-25)29(37-36-27)32-34-30-28(12-13-33-31(30)35-32)40-19-17-38(3)18-20-40/h4-5,10-13,21-22H,1,6-9,14-20H2,2-3H3,(H,36,37)(H,33,34,35)/b23-21+,24-5+. The number of hydrogen-bond acceptors (Lipinski definition) is 6. The quantitative estimate of drug-likeness (QED) is 0.269. The average molecular weight is 537 g/mol. The molecule has 2 aliphatic heterocycles. The molecule has 2 fully saturated rings. The summed E-state index contributed by atoms with van der Waals surface area (Å²) in [6.45, 7) is 13.9. The third kappa shape index (κ3) is 5.46. The molecule has 2 aliphatic rings. The molecule has 0 amide bonds. The van der Waals surface area contributed by atoms with E-state index in [4.69, 9.17) is 4.98 Å². The second-order valence-electron chi connectivity index (χ2n) is 11.1. The van der Waals surface area contributed by atoms with Gasteiger partial charge in [-0.2, -0.15) is 5.10 Å². The van der Waals surface area contributed by atoms with Gasteiger partial charge in [0.1, 0.15) is 11.2 Å². The normalized spacial score (nSPS) is 17.9. The van der Waals surface area contributed by atoms with Crippen LogP contribution in [-0.2, 0) is 0 Å². The number of imidazole rings is 1. The Balaban J connectivity index is 1.27. The van der Waals surface area contributed by atoms with Gasteiger partial charge in [0.05, 0.1) is 11.2 Å². The molecule has 0 aliphatic carbocycles. The van der Waals surface area contributed by atoms with Crippen LogP contribution in [0.3, 0.4) is 0 Å². The van der Waals surface area contributed by atoms with Gasteiger partial charge >= 0.3 is 0 Å². The molecule has 0 bridgehead atoms. The topological polar surface area (TPSA) is 80.0 Å². The number of piperazine rings is 1. The first-order valence-electron chi connectivity index (χ1n) is 14.6. The highest BCUT2D eigenvalue weighted by Crippen LogP contribution is 2.32. The molecule has 5 heterocycles. The minimum absolute atomic E-state index is 0.723. The highest BCUT2D eigenvalue weighted by atomic mass is 15.3. The van der Waals surface area contributed by atoms with E-state index in [1.165, 1.54) is 43.6 Å². The number of nitrogens with one attached hydrogen (secondary N) is 2. The minimum atomic E-state index is 0.723. The van der Waals surface area contributed by atoms with Crippen LogP contribution in [0.4, 0.5) is 5.69 Å². The molecule has 0 saturated carbocycles. The molecule has 40 heavy (non-hydrogen) atoms. The molecule has 4 aromatic rings. The summed E-state index contributed by atoms with van der Waals surface area (Å²) in [5, 5.41) is 8.92. The van der Waals surface area contributed by atoms with E-state index in [0.29, 0.717) is 0 Å². The Morgan fingerprint density at radius 1 is 1.07 bits per heavy atom. The van der Waals surface area contributed by atoms with E-state index in [0.717, 1.165) is 83.9 Å². The Morgan fingerprint density at radius 3 is 2.67 bits per heavy atom. The van der Waals surface area contributed by atoms with Crippen molar-refractivity contribution >= 4 is 33.3 Å². The average Bonchev–Trinajstić information content (AvgIpc) is 3.74. The summed E-state index contributed by atoms with van der Waals surface area (Å²) in [6, 6.07) is 8.57. The van der Waals surface area contributed by atoms with Crippen molar-refractivity contribution in [3.63, 3.8) is 0 Å². The SMILES string of the molecule is C=C/C(=C\C(=C/C)c1ccc2[nH]nc(-c3nc4nccc(N5CCN(C)CC5)c4[nH]3)c2c1)CCCN1CCCC1. The van der Waals surface area contributed by atoms with Crippen LogP contribution in [0.1, 0.15) is 38.2 Å². The fourth-order valence-corrected chi connectivity index (χ4v) is 5.97. The molecule has 2 saturated heterocycles. The van der Waals surface area contributed by atoms with E-state index in [1.807, 2.05) is 12.3 Å². The van der Waals surface area contributed by atoms with Gasteiger partial charge in [-0.1, -0.05) is 30.9 Å². The van der Waals surface area contributed by atoms with Crippen LogP contribution in [0.5, 0.6) is 0 Å². The monoisotopic (exact) mass is 536 g/mol. The number of aromatic nitrogens is 5. The van der Waals surface area contributed by atoms with Crippen LogP contribution in [0.2, 0.25) is 0 Å². The minimum Gasteiger partial charge on any atom is -0.367 e. The van der Waals surface area contributed by atoms with Crippen molar-refractivity contribution in [2.75, 3.05) is 57.8 Å². The molecule has 0 unspecified atom stereocenters. The predicted octanol–water partition coefficient (Wildman–Crippen LogP) is 5.64. The fourth-order valence-electron chi connectivity index (χ4n) is 5.97. The number of fused-ring (bicyclic) bond motifs is 2. The van der Waals surface area contributed by atoms with Crippen molar-refractivity contribution in [3.05, 3.63) is 66.4 Å². The molecular weight excluding hydrogens is 496 g/mol. The fraction of sp³-hybridized carbons (Fsp3) is 0.406. The number of H-pyrrole nitrogens is 2. The lowest BCUT2D eigenvalue weighted by atomic mass is 9.98. The zero-order chi connectivity index (χ0) is 27.5. The summed E-state index contributed by atoms with van der Waals surface area (Å²) in [7, 11) is 2.17. The molecule has 0 atom stereocenters. The van der Waals surface area contributed by atoms with Gasteiger partial charge in [0.25, 0.3) is 0 Å². The molecule has 1 aromatic carbocycles. The van der Waals surface area contributed by atoms with Crippen LogP contribution >= 0.6 is 0 Å². The maximum atomic E-state index is 4.87. The first-order chi connectivity index (χ1) is 19.6. The van der Waals surface area contributed by atoms with E-state index in [1.54, 1.807) is 0 Å². The van der Waals surface area contributed by atoms with Crippen molar-refractivity contribution < 1.29 is 0 Å². The summed E-state index contributed by atoms with van der Waals surface area (Å²) >= 11 is 0. The smallest absolute Gasteiger partial charge is 0.180 e. The first-order valence-corrected chi connectivity index (χ1v) is 14.6. The lowest BCUT2D eigenvalue weighted by Crippen LogP contribution is -2.44. The van der Waals surface area contributed by atoms with Gasteiger partial charge in [-0.05, 0) is 94.2 Å². The van der Waals surface area contributed by atoms with Gasteiger partial charge in [0, 0.05) is 37.8 Å². The number of nitrogens with zero attached hydrogens (tertiary/aromatic N) is 6. The molecular formula is C32H40N8. The highest BCUT2D eigenvalue weighted by molar-refractivity contribution is 5.96. The molecule has 3 aromatic heterocycles. The van der Waals surface area contributed by atoms with Gasteiger partial charge in [0.15, 0.2) is 11.5 Å². The molecule has 8 heteroatoms. The molecule has 2 N–H and O–H groups in total. The Labute approximate surface area is 236 Å². The van der Waals surface area contributed by atoms with Crippen molar-refractivity contribution in [3.8, 4) is 11.5 Å². The number of rotatable bonds is 9. The Morgan fingerprint density at radius 2 is 1.90 bits per heavy atom. The Hall–Kier alpha value is -3.75. The zero-order valence-electron chi connectivity index (χ0n) is 23.8. The molecule has 8 nitrogen and oxygen atoms in total. The van der Waals surface area contributed by atoms with Gasteiger partial charge in [-0.3, -0.25) is 5.10 Å². The largest absolute Gasteiger partial charge is 0.367 e. The number of benzene rings is 1. The van der Waals surface area contributed by atoms with Crippen LogP contribution in [0.25, 0.3) is 39.2 Å². The van der Waals surface area contributed by atoms with E-state index in [9.17, 15) is 0 Å². The van der Waals surface area contributed by atoms with Gasteiger partial charge in [-0.15, -0.1) is 0 Å². The lowest BCUT2D eigenvalue weighted by molar-refractivity contribution is 0.313. The summed E-state index contributed by atoms with van der Waals surface area (Å²) in [4.78, 5) is 20.4. The maximum Gasteiger partial charge on any atom is 0.180 e. The maximum absolute atomic E-state index is 4.87. The van der Waals surface area contributed by atoms with Crippen molar-refractivity contribution in [2.24, 2.45) is 0 Å². The third-order valence-corrected chi connectivity index (χ3v) is 8.39. The summed E-state index contributed by atoms with van der Waals surface area (Å²) in [5.74, 6) is 0.735. The molecule has 0 spiro atoms. The summed E-state index contributed by atoms with van der Waals surface area (Å²) in [6.07, 6.45) is 13.2. The predicted molar refractivity (Wildman–Crippen MR) is 166 cm³/mol. The van der Waals surface area contributed by atoms with E-state index >= 15 is 0 Å². The molecule has 6 rings (SSSR count). The first kappa shape index (κ1) is 26.5. The van der Waals surface area contributed by atoms with E-state index in [2.05, 4.69) is 91.8 Å². The number of likely N-dealkylation sites (N-methyl/N-ethyl adjacent to an activating group) is 1. The van der Waals surface area contributed by atoms with Gasteiger partial charge < -0.3 is 19.7 Å². The lowest BCUT2D eigenvalue weighted by Gasteiger charge is -2.34. The Kier molecular flexibility index (Phi) is 7.80. The number of aromatic amines is 2. The van der Waals surface area contributed by atoms with Crippen LogP contribution < -0.4 is 4.90 Å². The van der Waals surface area contributed by atoms with Crippen LogP contribution in [0, 0.1) is 0 Å². The number of hydrogen-bond donors (Lipinski definition) is 2. The second kappa shape index (κ2) is 11.8. The van der Waals surface area contributed by atoms with Gasteiger partial charge in [0.2, 0.25) is 0 Å². The van der Waals surface area contributed by atoms with Crippen LogP contribution in [-0.4, -0.2) is 87.8 Å². The Bertz CT molecular complexity index is 1540. The number of likely N-dealkylation sites (tertiary alicyclic amines) is 1. The number of anilines is 1. The second-order valence-corrected chi connectivity index (χ2v) is 11.1. The van der Waals surface area contributed by atoms with E-state index < -0.39 is 0 Å². The van der Waals surface area contributed by atoms with Crippen molar-refractivity contribution in [1.82, 2.24) is 34.9 Å². The third-order valence-electron chi connectivity index (χ3n) is 8.39. The van der Waals surface area contributed by atoms with Crippen LogP contribution in [0.15, 0.2) is 60.8 Å². The van der Waals surface area contributed by atoms with Crippen molar-refractivity contribution in [2.45, 2.75) is 32.6 Å². The number of allylic oxidation sites excluding steroid dienone is 5. The number of pyridine rings is 1. The van der Waals surface area contributed by atoms with Gasteiger partial charge in [-0.25, -0.2) is 9.97 Å². The summed E-state index contributed by atoms with van der Waals surface area (Å²) in [5.41, 5.74) is 8.27.